The van der Waals surface area contributed by atoms with Gasteiger partial charge >= 0.3 is 0 Å². The van der Waals surface area contributed by atoms with Gasteiger partial charge in [0.05, 0.1) is 5.69 Å². The van der Waals surface area contributed by atoms with E-state index in [4.69, 9.17) is 11.6 Å². The van der Waals surface area contributed by atoms with E-state index in [1.54, 1.807) is 36.5 Å². The number of rotatable bonds is 3. The fourth-order valence-corrected chi connectivity index (χ4v) is 2.66. The van der Waals surface area contributed by atoms with Crippen LogP contribution in [0.1, 0.15) is 5.56 Å². The molecule has 0 unspecified atom stereocenters. The molecule has 0 aliphatic rings. The maximum atomic E-state index is 13.6. The number of halogens is 3. The molecule has 1 aromatic heterocycles. The smallest absolute Gasteiger partial charge is 0.123 e. The molecule has 0 spiro atoms. The van der Waals surface area contributed by atoms with Gasteiger partial charge < -0.3 is 0 Å². The molecule has 0 fully saturated rings. The Bertz CT molecular complexity index is 818. The second-order valence-corrected chi connectivity index (χ2v) is 5.12. The molecule has 1 heterocycles. The SMILES string of the molecule is Fc1cccc(-c2nccc(CCl)c2-c2cccc(F)c2)c1. The molecular weight excluding hydrogens is 304 g/mol. The predicted octanol–water partition coefficient (Wildman–Crippen LogP) is 5.43. The summed E-state index contributed by atoms with van der Waals surface area (Å²) in [6.07, 6.45) is 1.63. The summed E-state index contributed by atoms with van der Waals surface area (Å²) in [6, 6.07) is 14.2. The fourth-order valence-electron chi connectivity index (χ4n) is 2.43. The molecule has 0 bridgehead atoms. The molecule has 0 radical (unpaired) electrons. The summed E-state index contributed by atoms with van der Waals surface area (Å²) in [5.74, 6) is -0.427. The number of pyridine rings is 1. The van der Waals surface area contributed by atoms with Gasteiger partial charge in [0.25, 0.3) is 0 Å². The second-order valence-electron chi connectivity index (χ2n) is 4.85. The first-order valence-electron chi connectivity index (χ1n) is 6.75. The first kappa shape index (κ1) is 14.7. The van der Waals surface area contributed by atoms with Gasteiger partial charge in [-0.05, 0) is 41.5 Å². The van der Waals surface area contributed by atoms with Gasteiger partial charge in [-0.15, -0.1) is 11.6 Å². The number of benzene rings is 2. The highest BCUT2D eigenvalue weighted by atomic mass is 35.5. The van der Waals surface area contributed by atoms with Gasteiger partial charge in [-0.2, -0.15) is 0 Å². The van der Waals surface area contributed by atoms with Crippen LogP contribution in [0, 0.1) is 11.6 Å². The minimum absolute atomic E-state index is 0.261. The van der Waals surface area contributed by atoms with E-state index in [9.17, 15) is 8.78 Å². The third kappa shape index (κ3) is 2.85. The zero-order chi connectivity index (χ0) is 15.5. The van der Waals surface area contributed by atoms with Crippen LogP contribution in [0.25, 0.3) is 22.4 Å². The summed E-state index contributed by atoms with van der Waals surface area (Å²) in [5.41, 5.74) is 3.43. The van der Waals surface area contributed by atoms with E-state index in [0.29, 0.717) is 16.8 Å². The Hall–Kier alpha value is -2.26. The highest BCUT2D eigenvalue weighted by Gasteiger charge is 2.14. The van der Waals surface area contributed by atoms with Gasteiger partial charge in [0.1, 0.15) is 11.6 Å². The lowest BCUT2D eigenvalue weighted by Gasteiger charge is -2.13. The zero-order valence-electron chi connectivity index (χ0n) is 11.6. The molecule has 4 heteroatoms. The van der Waals surface area contributed by atoms with Gasteiger partial charge in [-0.1, -0.05) is 24.3 Å². The molecule has 1 nitrogen and oxygen atoms in total. The van der Waals surface area contributed by atoms with E-state index in [0.717, 1.165) is 11.1 Å². The second kappa shape index (κ2) is 6.24. The average molecular weight is 316 g/mol. The van der Waals surface area contributed by atoms with Crippen LogP contribution in [-0.2, 0) is 5.88 Å². The molecular formula is C18H12ClF2N. The van der Waals surface area contributed by atoms with Gasteiger partial charge in [-0.3, -0.25) is 4.98 Å². The molecule has 22 heavy (non-hydrogen) atoms. The molecule has 0 amide bonds. The molecule has 0 saturated heterocycles. The average Bonchev–Trinajstić information content (AvgIpc) is 2.54. The van der Waals surface area contributed by atoms with Crippen LogP contribution < -0.4 is 0 Å². The number of hydrogen-bond acceptors (Lipinski definition) is 1. The molecule has 110 valence electrons. The molecule has 0 aliphatic heterocycles. The molecule has 0 atom stereocenters. The summed E-state index contributed by atoms with van der Waals surface area (Å²) < 4.78 is 27.1. The maximum absolute atomic E-state index is 13.6. The predicted molar refractivity (Wildman–Crippen MR) is 84.6 cm³/mol. The highest BCUT2D eigenvalue weighted by molar-refractivity contribution is 6.17. The highest BCUT2D eigenvalue weighted by Crippen LogP contribution is 2.34. The standard InChI is InChI=1S/C18H12ClF2N/c19-11-14-7-8-22-18(13-4-2-6-16(21)10-13)17(14)12-3-1-5-15(20)9-12/h1-10H,11H2. The molecule has 3 aromatic rings. The van der Waals surface area contributed by atoms with Gasteiger partial charge in [0, 0.05) is 23.2 Å². The number of aromatic nitrogens is 1. The van der Waals surface area contributed by atoms with Crippen molar-refractivity contribution < 1.29 is 8.78 Å². The largest absolute Gasteiger partial charge is 0.256 e. The summed E-state index contributed by atoms with van der Waals surface area (Å²) in [7, 11) is 0. The van der Waals surface area contributed by atoms with E-state index >= 15 is 0 Å². The molecule has 2 aromatic carbocycles. The number of alkyl halides is 1. The van der Waals surface area contributed by atoms with Crippen LogP contribution in [0.3, 0.4) is 0 Å². The van der Waals surface area contributed by atoms with Crippen LogP contribution in [0.4, 0.5) is 8.78 Å². The van der Waals surface area contributed by atoms with Crippen molar-refractivity contribution >= 4 is 11.6 Å². The number of nitrogens with zero attached hydrogens (tertiary/aromatic N) is 1. The van der Waals surface area contributed by atoms with Crippen molar-refractivity contribution in [3.05, 3.63) is 78.0 Å². The lowest BCUT2D eigenvalue weighted by Crippen LogP contribution is -1.95. The minimum Gasteiger partial charge on any atom is -0.256 e. The Morgan fingerprint density at radius 2 is 1.50 bits per heavy atom. The fraction of sp³-hybridized carbons (Fsp3) is 0.0556. The maximum Gasteiger partial charge on any atom is 0.123 e. The summed E-state index contributed by atoms with van der Waals surface area (Å²) in [5, 5.41) is 0. The monoisotopic (exact) mass is 315 g/mol. The van der Waals surface area contributed by atoms with Crippen LogP contribution in [0.5, 0.6) is 0 Å². The quantitative estimate of drug-likeness (QED) is 0.587. The molecule has 3 rings (SSSR count). The Kier molecular flexibility index (Phi) is 4.16. The Morgan fingerprint density at radius 1 is 0.864 bits per heavy atom. The first-order valence-corrected chi connectivity index (χ1v) is 7.28. The van der Waals surface area contributed by atoms with Crippen molar-refractivity contribution in [2.75, 3.05) is 0 Å². The van der Waals surface area contributed by atoms with Crippen molar-refractivity contribution in [3.63, 3.8) is 0 Å². The van der Waals surface area contributed by atoms with E-state index < -0.39 is 0 Å². The van der Waals surface area contributed by atoms with E-state index in [-0.39, 0.29) is 17.5 Å². The van der Waals surface area contributed by atoms with Crippen molar-refractivity contribution in [1.29, 1.82) is 0 Å². The van der Waals surface area contributed by atoms with Gasteiger partial charge in [0.2, 0.25) is 0 Å². The zero-order valence-corrected chi connectivity index (χ0v) is 12.3. The van der Waals surface area contributed by atoms with Crippen molar-refractivity contribution in [2.45, 2.75) is 5.88 Å². The van der Waals surface area contributed by atoms with Crippen molar-refractivity contribution in [1.82, 2.24) is 4.98 Å². The van der Waals surface area contributed by atoms with Crippen LogP contribution in [0.15, 0.2) is 60.8 Å². The van der Waals surface area contributed by atoms with Crippen LogP contribution in [-0.4, -0.2) is 4.98 Å². The number of hydrogen-bond donors (Lipinski definition) is 0. The minimum atomic E-state index is -0.347. The lowest BCUT2D eigenvalue weighted by molar-refractivity contribution is 0.627. The van der Waals surface area contributed by atoms with Crippen LogP contribution >= 0.6 is 11.6 Å². The molecule has 0 aliphatic carbocycles. The van der Waals surface area contributed by atoms with Gasteiger partial charge in [0.15, 0.2) is 0 Å². The lowest BCUT2D eigenvalue weighted by atomic mass is 9.95. The van der Waals surface area contributed by atoms with Crippen molar-refractivity contribution in [3.8, 4) is 22.4 Å². The van der Waals surface area contributed by atoms with E-state index in [2.05, 4.69) is 4.98 Å². The molecule has 0 N–H and O–H groups in total. The van der Waals surface area contributed by atoms with Crippen LogP contribution in [0.2, 0.25) is 0 Å². The summed E-state index contributed by atoms with van der Waals surface area (Å²) >= 11 is 6.02. The first-order chi connectivity index (χ1) is 10.7. The van der Waals surface area contributed by atoms with Crippen molar-refractivity contribution in [2.24, 2.45) is 0 Å². The Labute approximate surface area is 132 Å². The molecule has 0 saturated carbocycles. The third-order valence-corrected chi connectivity index (χ3v) is 3.68. The topological polar surface area (TPSA) is 12.9 Å². The Morgan fingerprint density at radius 3 is 2.14 bits per heavy atom. The summed E-state index contributed by atoms with van der Waals surface area (Å²) in [4.78, 5) is 4.36. The Balaban J connectivity index is 2.27. The summed E-state index contributed by atoms with van der Waals surface area (Å²) in [6.45, 7) is 0. The van der Waals surface area contributed by atoms with Gasteiger partial charge in [-0.25, -0.2) is 8.78 Å². The van der Waals surface area contributed by atoms with E-state index in [1.807, 2.05) is 0 Å². The third-order valence-electron chi connectivity index (χ3n) is 3.39. The van der Waals surface area contributed by atoms with E-state index in [1.165, 1.54) is 24.3 Å². The normalized spacial score (nSPS) is 10.7.